The fourth-order valence-electron chi connectivity index (χ4n) is 1.11. The summed E-state index contributed by atoms with van der Waals surface area (Å²) in [6, 6.07) is 6.85. The molecule has 0 fully saturated rings. The molecule has 3 nitrogen and oxygen atoms in total. The van der Waals surface area contributed by atoms with Gasteiger partial charge in [-0.2, -0.15) is 0 Å². The van der Waals surface area contributed by atoms with Gasteiger partial charge in [-0.3, -0.25) is 0 Å². The van der Waals surface area contributed by atoms with Gasteiger partial charge >= 0.3 is 0 Å². The van der Waals surface area contributed by atoms with Gasteiger partial charge < -0.3 is 10.8 Å². The van der Waals surface area contributed by atoms with Crippen LogP contribution in [0.2, 0.25) is 0 Å². The average Bonchev–Trinajstić information content (AvgIpc) is 2.47. The van der Waals surface area contributed by atoms with Gasteiger partial charge in [0.05, 0.1) is 9.48 Å². The average molecular weight is 271 g/mol. The number of hydrogen-bond acceptors (Lipinski definition) is 4. The van der Waals surface area contributed by atoms with Gasteiger partial charge in [0.1, 0.15) is 5.75 Å². The Bertz CT molecular complexity index is 452. The third-order valence-electron chi connectivity index (χ3n) is 1.74. The first-order valence-corrected chi connectivity index (χ1v) is 5.49. The van der Waals surface area contributed by atoms with Crippen molar-refractivity contribution < 1.29 is 5.11 Å². The zero-order valence-corrected chi connectivity index (χ0v) is 9.47. The topological polar surface area (TPSA) is 59.1 Å². The molecular formula is C9H7BrN2OS. The molecule has 0 aliphatic carbocycles. The number of phenolic OH excluding ortho intramolecular Hbond substituents is 1. The highest BCUT2D eigenvalue weighted by Gasteiger charge is 2.08. The minimum Gasteiger partial charge on any atom is -0.508 e. The number of nitrogen functional groups attached to an aromatic ring is 1. The second kappa shape index (κ2) is 3.59. The van der Waals surface area contributed by atoms with Crippen molar-refractivity contribution in [2.75, 3.05) is 5.73 Å². The van der Waals surface area contributed by atoms with Crippen LogP contribution in [0.25, 0.3) is 11.3 Å². The van der Waals surface area contributed by atoms with Crippen LogP contribution >= 0.6 is 27.3 Å². The van der Waals surface area contributed by atoms with E-state index in [0.717, 1.165) is 15.0 Å². The molecule has 0 bridgehead atoms. The molecule has 1 aromatic heterocycles. The van der Waals surface area contributed by atoms with Crippen molar-refractivity contribution in [2.45, 2.75) is 0 Å². The largest absolute Gasteiger partial charge is 0.508 e. The van der Waals surface area contributed by atoms with Crippen molar-refractivity contribution in [1.29, 1.82) is 0 Å². The third kappa shape index (κ3) is 1.73. The minimum absolute atomic E-state index is 0.244. The summed E-state index contributed by atoms with van der Waals surface area (Å²) in [7, 11) is 0. The maximum absolute atomic E-state index is 9.12. The summed E-state index contributed by atoms with van der Waals surface area (Å²) >= 11 is 4.77. The molecular weight excluding hydrogens is 264 g/mol. The molecule has 72 valence electrons. The first-order valence-electron chi connectivity index (χ1n) is 3.88. The van der Waals surface area contributed by atoms with Crippen LogP contribution in [-0.4, -0.2) is 10.1 Å². The Morgan fingerprint density at radius 3 is 2.43 bits per heavy atom. The van der Waals surface area contributed by atoms with Gasteiger partial charge in [0, 0.05) is 5.56 Å². The van der Waals surface area contributed by atoms with E-state index in [0.29, 0.717) is 5.13 Å². The first-order chi connectivity index (χ1) is 6.66. The molecule has 0 spiro atoms. The number of aromatic nitrogens is 1. The van der Waals surface area contributed by atoms with E-state index >= 15 is 0 Å². The normalized spacial score (nSPS) is 10.4. The van der Waals surface area contributed by atoms with Crippen LogP contribution in [0.5, 0.6) is 5.75 Å². The van der Waals surface area contributed by atoms with E-state index in [9.17, 15) is 0 Å². The van der Waals surface area contributed by atoms with Crippen molar-refractivity contribution in [3.05, 3.63) is 28.1 Å². The van der Waals surface area contributed by atoms with Crippen molar-refractivity contribution in [3.63, 3.8) is 0 Å². The maximum Gasteiger partial charge on any atom is 0.181 e. The van der Waals surface area contributed by atoms with E-state index in [-0.39, 0.29) is 5.75 Å². The second-order valence-corrected chi connectivity index (χ2v) is 5.07. The summed E-state index contributed by atoms with van der Waals surface area (Å²) in [5.41, 5.74) is 7.32. The molecule has 0 unspecified atom stereocenters. The van der Waals surface area contributed by atoms with Crippen LogP contribution < -0.4 is 5.73 Å². The lowest BCUT2D eigenvalue weighted by molar-refractivity contribution is 0.475. The number of phenols is 1. The first kappa shape index (κ1) is 9.48. The van der Waals surface area contributed by atoms with Crippen molar-refractivity contribution in [2.24, 2.45) is 0 Å². The quantitative estimate of drug-likeness (QED) is 0.838. The summed E-state index contributed by atoms with van der Waals surface area (Å²) in [5, 5.41) is 9.65. The van der Waals surface area contributed by atoms with Gasteiger partial charge in [0.2, 0.25) is 0 Å². The molecule has 0 saturated heterocycles. The lowest BCUT2D eigenvalue weighted by Crippen LogP contribution is -1.82. The number of aromatic hydroxyl groups is 1. The third-order valence-corrected chi connectivity index (χ3v) is 3.28. The van der Waals surface area contributed by atoms with E-state index in [1.165, 1.54) is 11.3 Å². The summed E-state index contributed by atoms with van der Waals surface area (Å²) in [4.78, 5) is 4.18. The van der Waals surface area contributed by atoms with Gasteiger partial charge in [-0.05, 0) is 40.2 Å². The SMILES string of the molecule is Nc1nc(-c2ccc(O)cc2)c(Br)s1. The number of anilines is 1. The van der Waals surface area contributed by atoms with E-state index in [4.69, 9.17) is 10.8 Å². The zero-order chi connectivity index (χ0) is 10.1. The lowest BCUT2D eigenvalue weighted by Gasteiger charge is -1.97. The second-order valence-electron chi connectivity index (χ2n) is 2.72. The van der Waals surface area contributed by atoms with E-state index < -0.39 is 0 Å². The molecule has 1 aromatic carbocycles. The smallest absolute Gasteiger partial charge is 0.181 e. The highest BCUT2D eigenvalue weighted by molar-refractivity contribution is 9.11. The molecule has 0 atom stereocenters. The number of rotatable bonds is 1. The Balaban J connectivity index is 2.49. The summed E-state index contributed by atoms with van der Waals surface area (Å²) in [6.07, 6.45) is 0. The van der Waals surface area contributed by atoms with Gasteiger partial charge in [-0.15, -0.1) is 0 Å². The summed E-state index contributed by atoms with van der Waals surface area (Å²) in [6.45, 7) is 0. The fraction of sp³-hybridized carbons (Fsp3) is 0. The van der Waals surface area contributed by atoms with Crippen molar-refractivity contribution in [3.8, 4) is 17.0 Å². The summed E-state index contributed by atoms with van der Waals surface area (Å²) < 4.78 is 0.903. The fourth-order valence-corrected chi connectivity index (χ4v) is 2.51. The van der Waals surface area contributed by atoms with Crippen LogP contribution in [0.4, 0.5) is 5.13 Å². The molecule has 0 saturated carbocycles. The van der Waals surface area contributed by atoms with E-state index in [1.807, 2.05) is 0 Å². The number of nitrogens with two attached hydrogens (primary N) is 1. The predicted octanol–water partition coefficient (Wildman–Crippen LogP) is 2.86. The zero-order valence-electron chi connectivity index (χ0n) is 7.07. The number of thiazole rings is 1. The monoisotopic (exact) mass is 270 g/mol. The molecule has 14 heavy (non-hydrogen) atoms. The highest BCUT2D eigenvalue weighted by atomic mass is 79.9. The van der Waals surface area contributed by atoms with Gasteiger partial charge in [0.25, 0.3) is 0 Å². The Kier molecular flexibility index (Phi) is 2.43. The molecule has 3 N–H and O–H groups in total. The molecule has 2 aromatic rings. The predicted molar refractivity (Wildman–Crippen MR) is 61.3 cm³/mol. The van der Waals surface area contributed by atoms with Crippen LogP contribution in [-0.2, 0) is 0 Å². The van der Waals surface area contributed by atoms with Gasteiger partial charge in [0.15, 0.2) is 5.13 Å². The Hall–Kier alpha value is -1.07. The Morgan fingerprint density at radius 1 is 1.29 bits per heavy atom. The Labute approximate surface area is 93.4 Å². The molecule has 0 radical (unpaired) electrons. The van der Waals surface area contributed by atoms with E-state index in [1.54, 1.807) is 24.3 Å². The van der Waals surface area contributed by atoms with Crippen LogP contribution in [0, 0.1) is 0 Å². The lowest BCUT2D eigenvalue weighted by atomic mass is 10.2. The van der Waals surface area contributed by atoms with Crippen LogP contribution in [0.1, 0.15) is 0 Å². The molecule has 1 heterocycles. The van der Waals surface area contributed by atoms with Crippen LogP contribution in [0.15, 0.2) is 28.1 Å². The molecule has 0 aliphatic rings. The molecule has 0 aliphatic heterocycles. The number of halogens is 1. The molecule has 2 rings (SSSR count). The van der Waals surface area contributed by atoms with Crippen LogP contribution in [0.3, 0.4) is 0 Å². The number of hydrogen-bond donors (Lipinski definition) is 2. The maximum atomic E-state index is 9.12. The number of benzene rings is 1. The van der Waals surface area contributed by atoms with Crippen molar-refractivity contribution in [1.82, 2.24) is 4.98 Å². The Morgan fingerprint density at radius 2 is 1.93 bits per heavy atom. The minimum atomic E-state index is 0.244. The summed E-state index contributed by atoms with van der Waals surface area (Å²) in [5.74, 6) is 0.244. The van der Waals surface area contributed by atoms with E-state index in [2.05, 4.69) is 20.9 Å². The number of nitrogens with zero attached hydrogens (tertiary/aromatic N) is 1. The van der Waals surface area contributed by atoms with Gasteiger partial charge in [-0.1, -0.05) is 11.3 Å². The highest BCUT2D eigenvalue weighted by Crippen LogP contribution is 2.34. The molecule has 0 amide bonds. The van der Waals surface area contributed by atoms with Gasteiger partial charge in [-0.25, -0.2) is 4.98 Å². The molecule has 5 heteroatoms. The van der Waals surface area contributed by atoms with Crippen molar-refractivity contribution >= 4 is 32.4 Å². The standard InChI is InChI=1S/C9H7BrN2OS/c10-8-7(12-9(11)14-8)5-1-3-6(13)4-2-5/h1-4,13H,(H2,11,12).